The monoisotopic (exact) mass is 832 g/mol. The van der Waals surface area contributed by atoms with Gasteiger partial charge in [-0.3, -0.25) is 4.79 Å². The molecule has 0 radical (unpaired) electrons. The van der Waals surface area contributed by atoms with Crippen LogP contribution in [0.3, 0.4) is 0 Å². The summed E-state index contributed by atoms with van der Waals surface area (Å²) in [7, 11) is 0. The van der Waals surface area contributed by atoms with Crippen molar-refractivity contribution >= 4 is 5.91 Å². The van der Waals surface area contributed by atoms with E-state index in [0.29, 0.717) is 12.8 Å². The Hall–Kier alpha value is -1.17. The number of allylic oxidation sites excluding steroid dienone is 4. The van der Waals surface area contributed by atoms with Gasteiger partial charge in [-0.25, -0.2) is 0 Å². The largest absolute Gasteiger partial charge is 0.394 e. The van der Waals surface area contributed by atoms with Crippen LogP contribution in [0.4, 0.5) is 0 Å². The van der Waals surface area contributed by atoms with Crippen LogP contribution in [-0.4, -0.2) is 46.1 Å². The fraction of sp³-hybridized carbons (Fsp3) is 0.907. The molecule has 1 amide bonds. The van der Waals surface area contributed by atoms with Crippen molar-refractivity contribution in [3.8, 4) is 0 Å². The predicted octanol–water partition coefficient (Wildman–Crippen LogP) is 16.1. The van der Waals surface area contributed by atoms with Gasteiger partial charge >= 0.3 is 0 Å². The highest BCUT2D eigenvalue weighted by Crippen LogP contribution is 2.17. The Kier molecular flexibility index (Phi) is 48.5. The summed E-state index contributed by atoms with van der Waals surface area (Å²) < 4.78 is 0. The molecule has 3 unspecified atom stereocenters. The third-order valence-corrected chi connectivity index (χ3v) is 12.5. The molecule has 59 heavy (non-hydrogen) atoms. The van der Waals surface area contributed by atoms with E-state index in [1.807, 2.05) is 0 Å². The normalized spacial score (nSPS) is 13.5. The number of carbonyl (C=O) groups is 1. The molecular formula is C54H105NO4. The summed E-state index contributed by atoms with van der Waals surface area (Å²) >= 11 is 0. The summed E-state index contributed by atoms with van der Waals surface area (Å²) in [6, 6.07) is -0.658. The molecule has 0 bridgehead atoms. The molecule has 0 aromatic heterocycles. The number of hydrogen-bond acceptors (Lipinski definition) is 4. The van der Waals surface area contributed by atoms with Crippen molar-refractivity contribution in [1.82, 2.24) is 5.32 Å². The lowest BCUT2D eigenvalue weighted by Crippen LogP contribution is -2.46. The number of aliphatic hydroxyl groups is 3. The minimum Gasteiger partial charge on any atom is -0.394 e. The second kappa shape index (κ2) is 49.5. The maximum absolute atomic E-state index is 12.5. The van der Waals surface area contributed by atoms with E-state index < -0.39 is 18.2 Å². The van der Waals surface area contributed by atoms with Gasteiger partial charge in [0.25, 0.3) is 0 Å². The van der Waals surface area contributed by atoms with Crippen LogP contribution in [0.25, 0.3) is 0 Å². The second-order valence-electron chi connectivity index (χ2n) is 18.5. The van der Waals surface area contributed by atoms with Gasteiger partial charge in [0.1, 0.15) is 0 Å². The van der Waals surface area contributed by atoms with Crippen molar-refractivity contribution in [2.45, 2.75) is 308 Å². The van der Waals surface area contributed by atoms with Crippen LogP contribution in [0.5, 0.6) is 0 Å². The number of nitrogens with one attached hydrogen (secondary N) is 1. The van der Waals surface area contributed by atoms with E-state index in [4.69, 9.17) is 0 Å². The molecule has 0 spiro atoms. The minimum absolute atomic E-state index is 0.0372. The van der Waals surface area contributed by atoms with Gasteiger partial charge in [-0.15, -0.1) is 0 Å². The Morgan fingerprint density at radius 1 is 0.424 bits per heavy atom. The Labute approximate surface area is 369 Å². The zero-order valence-electron chi connectivity index (χ0n) is 39.9. The maximum atomic E-state index is 12.5. The first-order valence-electron chi connectivity index (χ1n) is 26.6. The van der Waals surface area contributed by atoms with Crippen LogP contribution < -0.4 is 5.32 Å². The van der Waals surface area contributed by atoms with Gasteiger partial charge in [-0.05, 0) is 44.9 Å². The zero-order chi connectivity index (χ0) is 43.0. The third kappa shape index (κ3) is 46.2. The lowest BCUT2D eigenvalue weighted by molar-refractivity contribution is -0.125. The van der Waals surface area contributed by atoms with Crippen LogP contribution >= 0.6 is 0 Å². The van der Waals surface area contributed by atoms with Crippen LogP contribution in [-0.2, 0) is 4.79 Å². The van der Waals surface area contributed by atoms with E-state index in [-0.39, 0.29) is 18.9 Å². The van der Waals surface area contributed by atoms with E-state index in [1.54, 1.807) is 0 Å². The summed E-state index contributed by atoms with van der Waals surface area (Å²) in [6.45, 7) is 4.29. The van der Waals surface area contributed by atoms with Gasteiger partial charge < -0.3 is 20.6 Å². The van der Waals surface area contributed by atoms with Gasteiger partial charge in [-0.1, -0.05) is 263 Å². The van der Waals surface area contributed by atoms with Crippen LogP contribution in [0.15, 0.2) is 24.3 Å². The molecule has 0 aliphatic rings. The summed E-state index contributed by atoms with van der Waals surface area (Å²) in [4.78, 5) is 12.5. The molecule has 0 fully saturated rings. The van der Waals surface area contributed by atoms with Crippen LogP contribution in [0, 0.1) is 0 Å². The lowest BCUT2D eigenvalue weighted by Gasteiger charge is -2.23. The first-order chi connectivity index (χ1) is 29.0. The Morgan fingerprint density at radius 2 is 0.729 bits per heavy atom. The molecule has 0 aliphatic heterocycles. The smallest absolute Gasteiger partial charge is 0.222 e. The summed E-state index contributed by atoms with van der Waals surface area (Å²) in [5, 5.41) is 33.6. The third-order valence-electron chi connectivity index (χ3n) is 12.5. The molecule has 3 atom stereocenters. The highest BCUT2D eigenvalue weighted by molar-refractivity contribution is 5.76. The second-order valence-corrected chi connectivity index (χ2v) is 18.5. The van der Waals surface area contributed by atoms with Gasteiger partial charge in [0.2, 0.25) is 5.91 Å². The number of unbranched alkanes of at least 4 members (excludes halogenated alkanes) is 36. The average Bonchev–Trinajstić information content (AvgIpc) is 3.23. The predicted molar refractivity (Wildman–Crippen MR) is 259 cm³/mol. The molecule has 0 rings (SSSR count). The van der Waals surface area contributed by atoms with Crippen LogP contribution in [0.2, 0.25) is 0 Å². The summed E-state index contributed by atoms with van der Waals surface area (Å²) in [5.74, 6) is -0.281. The molecule has 5 heteroatoms. The fourth-order valence-electron chi connectivity index (χ4n) is 8.44. The van der Waals surface area contributed by atoms with E-state index >= 15 is 0 Å². The van der Waals surface area contributed by atoms with Crippen molar-refractivity contribution in [2.24, 2.45) is 0 Å². The highest BCUT2D eigenvalue weighted by atomic mass is 16.3. The van der Waals surface area contributed by atoms with Crippen molar-refractivity contribution in [1.29, 1.82) is 0 Å². The van der Waals surface area contributed by atoms with Gasteiger partial charge in [0.15, 0.2) is 0 Å². The van der Waals surface area contributed by atoms with Gasteiger partial charge in [0, 0.05) is 0 Å². The lowest BCUT2D eigenvalue weighted by atomic mass is 10.0. The van der Waals surface area contributed by atoms with E-state index in [2.05, 4.69) is 43.5 Å². The quantitative estimate of drug-likeness (QED) is 0.0363. The van der Waals surface area contributed by atoms with Crippen molar-refractivity contribution < 1.29 is 20.1 Å². The number of aliphatic hydroxyl groups excluding tert-OH is 3. The molecule has 0 saturated heterocycles. The molecule has 5 nitrogen and oxygen atoms in total. The standard InChI is InChI=1S/C54H105NO4/c1-3-5-7-9-11-13-15-17-19-21-22-23-24-25-26-27-28-29-30-32-33-35-37-39-41-43-45-47-51(57)49-54(59)55-52(50-56)53(58)48-46-44-42-40-38-36-34-31-20-18-16-14-12-10-8-6-4-2/h22-23,25-26,51-53,56-58H,3-21,24,27-50H2,1-2H3,(H,55,59)/b23-22-,26-25-. The van der Waals surface area contributed by atoms with E-state index in [1.165, 1.54) is 225 Å². The minimum atomic E-state index is -0.749. The molecule has 350 valence electrons. The van der Waals surface area contributed by atoms with E-state index in [0.717, 1.165) is 32.1 Å². The van der Waals surface area contributed by atoms with Gasteiger partial charge in [-0.2, -0.15) is 0 Å². The maximum Gasteiger partial charge on any atom is 0.222 e. The zero-order valence-corrected chi connectivity index (χ0v) is 39.9. The average molecular weight is 832 g/mol. The topological polar surface area (TPSA) is 89.8 Å². The number of hydrogen-bond donors (Lipinski definition) is 4. The van der Waals surface area contributed by atoms with Crippen molar-refractivity contribution in [2.75, 3.05) is 6.61 Å². The fourth-order valence-corrected chi connectivity index (χ4v) is 8.44. The molecule has 0 aromatic carbocycles. The van der Waals surface area contributed by atoms with E-state index in [9.17, 15) is 20.1 Å². The number of amides is 1. The number of carbonyl (C=O) groups excluding carboxylic acids is 1. The first kappa shape index (κ1) is 57.8. The SMILES string of the molecule is CCCCCCCCCCC/C=C\C/C=C\CCCCCCCCCCCCCC(O)CC(=O)NC(CO)C(O)CCCCCCCCCCCCCCCCCCC. The van der Waals surface area contributed by atoms with Crippen molar-refractivity contribution in [3.05, 3.63) is 24.3 Å². The first-order valence-corrected chi connectivity index (χ1v) is 26.6. The number of rotatable bonds is 49. The highest BCUT2D eigenvalue weighted by Gasteiger charge is 2.21. The van der Waals surface area contributed by atoms with Gasteiger partial charge in [0.05, 0.1) is 31.3 Å². The Balaban J connectivity index is 3.54. The molecule has 0 aliphatic carbocycles. The van der Waals surface area contributed by atoms with Crippen LogP contribution in [0.1, 0.15) is 290 Å². The Morgan fingerprint density at radius 3 is 1.07 bits per heavy atom. The molecular weight excluding hydrogens is 727 g/mol. The molecule has 0 heterocycles. The molecule has 0 aromatic rings. The summed E-state index contributed by atoms with van der Waals surface area (Å²) in [5.41, 5.74) is 0. The Bertz CT molecular complexity index is 874. The van der Waals surface area contributed by atoms with Crippen molar-refractivity contribution in [3.63, 3.8) is 0 Å². The summed E-state index contributed by atoms with van der Waals surface area (Å²) in [6.07, 6.45) is 61.7. The molecule has 4 N–H and O–H groups in total. The molecule has 0 saturated carbocycles.